The maximum atomic E-state index is 11.8. The van der Waals surface area contributed by atoms with Crippen molar-refractivity contribution in [3.05, 3.63) is 40.0 Å². The summed E-state index contributed by atoms with van der Waals surface area (Å²) in [4.78, 5) is 16.4. The smallest absolute Gasteiger partial charge is 0.343 e. The van der Waals surface area contributed by atoms with Crippen molar-refractivity contribution in [3.63, 3.8) is 0 Å². The number of carbonyl (C=O) groups is 1. The number of thiophene rings is 1. The highest BCUT2D eigenvalue weighted by atomic mass is 32.1. The minimum absolute atomic E-state index is 0.148. The van der Waals surface area contributed by atoms with E-state index in [-0.39, 0.29) is 16.1 Å². The van der Waals surface area contributed by atoms with Crippen LogP contribution in [0.1, 0.15) is 26.5 Å². The molecule has 0 fully saturated rings. The van der Waals surface area contributed by atoms with Gasteiger partial charge in [-0.3, -0.25) is 4.98 Å². The van der Waals surface area contributed by atoms with Crippen molar-refractivity contribution in [1.82, 2.24) is 4.98 Å². The third-order valence-corrected chi connectivity index (χ3v) is 4.04. The molecule has 0 aromatic carbocycles. The van der Waals surface area contributed by atoms with Gasteiger partial charge in [0.2, 0.25) is 0 Å². The van der Waals surface area contributed by atoms with E-state index in [0.717, 1.165) is 22.6 Å². The topological polar surface area (TPSA) is 101 Å². The van der Waals surface area contributed by atoms with Crippen LogP contribution in [0.4, 0.5) is 10.7 Å². The lowest BCUT2D eigenvalue weighted by Gasteiger charge is -2.08. The summed E-state index contributed by atoms with van der Waals surface area (Å²) in [6, 6.07) is 5.78. The summed E-state index contributed by atoms with van der Waals surface area (Å²) in [6.45, 7) is 2.39. The van der Waals surface area contributed by atoms with Crippen LogP contribution in [-0.2, 0) is 11.3 Å². The average molecular weight is 302 g/mol. The van der Waals surface area contributed by atoms with Crippen molar-refractivity contribution >= 4 is 28.0 Å². The molecule has 0 saturated carbocycles. The Morgan fingerprint density at radius 3 is 3.00 bits per heavy atom. The van der Waals surface area contributed by atoms with Crippen LogP contribution in [0, 0.1) is 18.3 Å². The van der Waals surface area contributed by atoms with E-state index >= 15 is 0 Å². The Bertz CT molecular complexity index is 718. The first-order valence-corrected chi connectivity index (χ1v) is 6.95. The molecule has 0 unspecified atom stereocenters. The first-order chi connectivity index (χ1) is 10.1. The summed E-state index contributed by atoms with van der Waals surface area (Å²) < 4.78 is 4.71. The monoisotopic (exact) mass is 302 g/mol. The zero-order valence-corrected chi connectivity index (χ0v) is 12.5. The van der Waals surface area contributed by atoms with Crippen molar-refractivity contribution in [1.29, 1.82) is 5.26 Å². The number of aryl methyl sites for hydroxylation is 1. The Kier molecular flexibility index (Phi) is 4.40. The van der Waals surface area contributed by atoms with Crippen LogP contribution < -0.4 is 11.1 Å². The quantitative estimate of drug-likeness (QED) is 0.840. The number of hydrogen-bond donors (Lipinski definition) is 2. The molecule has 7 heteroatoms. The van der Waals surface area contributed by atoms with Gasteiger partial charge in [-0.2, -0.15) is 5.26 Å². The number of anilines is 2. The molecular formula is C14H14N4O2S. The van der Waals surface area contributed by atoms with Crippen LogP contribution in [0.3, 0.4) is 0 Å². The number of ether oxygens (including phenoxy) is 1. The third kappa shape index (κ3) is 2.95. The lowest BCUT2D eigenvalue weighted by Crippen LogP contribution is -2.09. The number of esters is 1. The highest BCUT2D eigenvalue weighted by Gasteiger charge is 2.22. The number of nitriles is 1. The Morgan fingerprint density at radius 2 is 2.38 bits per heavy atom. The van der Waals surface area contributed by atoms with E-state index in [4.69, 9.17) is 15.7 Å². The van der Waals surface area contributed by atoms with Gasteiger partial charge in [-0.1, -0.05) is 6.07 Å². The van der Waals surface area contributed by atoms with Crippen molar-refractivity contribution in [2.45, 2.75) is 13.5 Å². The SMILES string of the molecule is COC(=O)c1c(NCc2ncccc2C)sc(C#N)c1N. The molecule has 0 bridgehead atoms. The Hall–Kier alpha value is -2.59. The summed E-state index contributed by atoms with van der Waals surface area (Å²) >= 11 is 1.13. The van der Waals surface area contributed by atoms with Gasteiger partial charge in [-0.25, -0.2) is 4.79 Å². The van der Waals surface area contributed by atoms with Gasteiger partial charge in [0.05, 0.1) is 25.0 Å². The number of methoxy groups -OCH3 is 1. The van der Waals surface area contributed by atoms with Gasteiger partial charge in [-0.15, -0.1) is 11.3 Å². The molecule has 0 aliphatic carbocycles. The Labute approximate surface area is 126 Å². The van der Waals surface area contributed by atoms with Crippen molar-refractivity contribution < 1.29 is 9.53 Å². The number of nitrogens with one attached hydrogen (secondary N) is 1. The first-order valence-electron chi connectivity index (χ1n) is 6.13. The molecule has 0 saturated heterocycles. The molecule has 0 aliphatic rings. The number of nitrogens with zero attached hydrogens (tertiary/aromatic N) is 2. The van der Waals surface area contributed by atoms with Crippen LogP contribution in [0.2, 0.25) is 0 Å². The van der Waals surface area contributed by atoms with E-state index in [0.29, 0.717) is 11.5 Å². The molecule has 0 aliphatic heterocycles. The van der Waals surface area contributed by atoms with E-state index in [1.807, 2.05) is 25.1 Å². The van der Waals surface area contributed by atoms with Crippen LogP contribution in [-0.4, -0.2) is 18.1 Å². The fraction of sp³-hybridized carbons (Fsp3) is 0.214. The predicted molar refractivity (Wildman–Crippen MR) is 81.1 cm³/mol. The van der Waals surface area contributed by atoms with Gasteiger partial charge in [-0.05, 0) is 18.6 Å². The minimum Gasteiger partial charge on any atom is -0.465 e. The molecule has 3 N–H and O–H groups in total. The van der Waals surface area contributed by atoms with Gasteiger partial charge < -0.3 is 15.8 Å². The molecule has 6 nitrogen and oxygen atoms in total. The van der Waals surface area contributed by atoms with Crippen LogP contribution >= 0.6 is 11.3 Å². The van der Waals surface area contributed by atoms with Gasteiger partial charge in [0.15, 0.2) is 0 Å². The maximum absolute atomic E-state index is 11.8. The number of rotatable bonds is 4. The first kappa shape index (κ1) is 14.8. The molecule has 2 heterocycles. The fourth-order valence-corrected chi connectivity index (χ4v) is 2.73. The van der Waals surface area contributed by atoms with Gasteiger partial charge in [0.25, 0.3) is 0 Å². The number of hydrogen-bond acceptors (Lipinski definition) is 7. The molecule has 2 rings (SSSR count). The number of pyridine rings is 1. The van der Waals surface area contributed by atoms with Crippen LogP contribution in [0.25, 0.3) is 0 Å². The Morgan fingerprint density at radius 1 is 1.62 bits per heavy atom. The summed E-state index contributed by atoms with van der Waals surface area (Å²) in [5.74, 6) is -0.564. The van der Waals surface area contributed by atoms with E-state index in [9.17, 15) is 4.79 Å². The maximum Gasteiger partial charge on any atom is 0.343 e. The Balaban J connectivity index is 2.30. The molecule has 0 amide bonds. The molecule has 21 heavy (non-hydrogen) atoms. The zero-order chi connectivity index (χ0) is 15.4. The number of aromatic nitrogens is 1. The van der Waals surface area contributed by atoms with E-state index < -0.39 is 5.97 Å². The second kappa shape index (κ2) is 6.24. The van der Waals surface area contributed by atoms with E-state index in [1.54, 1.807) is 6.20 Å². The molecule has 0 spiro atoms. The molecule has 2 aromatic heterocycles. The summed E-state index contributed by atoms with van der Waals surface area (Å²) in [7, 11) is 1.28. The average Bonchev–Trinajstić information content (AvgIpc) is 2.81. The van der Waals surface area contributed by atoms with Crippen molar-refractivity contribution in [2.24, 2.45) is 0 Å². The molecule has 2 aromatic rings. The standard InChI is InChI=1S/C14H14N4O2S/c1-8-4-3-5-17-9(8)7-18-13-11(14(19)20-2)12(16)10(6-15)21-13/h3-5,18H,7,16H2,1-2H3. The largest absolute Gasteiger partial charge is 0.465 e. The highest BCUT2D eigenvalue weighted by molar-refractivity contribution is 7.17. The van der Waals surface area contributed by atoms with Crippen molar-refractivity contribution in [3.8, 4) is 6.07 Å². The highest BCUT2D eigenvalue weighted by Crippen LogP contribution is 2.35. The second-order valence-corrected chi connectivity index (χ2v) is 5.29. The molecular weight excluding hydrogens is 288 g/mol. The van der Waals surface area contributed by atoms with E-state index in [2.05, 4.69) is 10.3 Å². The number of carbonyl (C=O) groups excluding carboxylic acids is 1. The third-order valence-electron chi connectivity index (χ3n) is 2.97. The molecule has 0 radical (unpaired) electrons. The predicted octanol–water partition coefficient (Wildman–Crippen LogP) is 2.30. The molecule has 108 valence electrons. The van der Waals surface area contributed by atoms with E-state index in [1.165, 1.54) is 7.11 Å². The van der Waals surface area contributed by atoms with Crippen LogP contribution in [0.5, 0.6) is 0 Å². The second-order valence-electron chi connectivity index (χ2n) is 4.27. The van der Waals surface area contributed by atoms with Crippen molar-refractivity contribution in [2.75, 3.05) is 18.2 Å². The van der Waals surface area contributed by atoms with Crippen LogP contribution in [0.15, 0.2) is 18.3 Å². The van der Waals surface area contributed by atoms with Gasteiger partial charge in [0.1, 0.15) is 21.5 Å². The number of nitrogen functional groups attached to an aromatic ring is 1. The number of nitrogens with two attached hydrogens (primary N) is 1. The summed E-state index contributed by atoms with van der Waals surface area (Å²) in [5, 5.41) is 12.6. The lowest BCUT2D eigenvalue weighted by atomic mass is 10.2. The summed E-state index contributed by atoms with van der Waals surface area (Å²) in [5.41, 5.74) is 8.07. The van der Waals surface area contributed by atoms with Gasteiger partial charge >= 0.3 is 5.97 Å². The van der Waals surface area contributed by atoms with Gasteiger partial charge in [0, 0.05) is 6.20 Å². The minimum atomic E-state index is -0.564. The molecule has 0 atom stereocenters. The summed E-state index contributed by atoms with van der Waals surface area (Å²) in [6.07, 6.45) is 1.70. The fourth-order valence-electron chi connectivity index (χ4n) is 1.82. The normalized spacial score (nSPS) is 9.95. The lowest BCUT2D eigenvalue weighted by molar-refractivity contribution is 0.0603. The zero-order valence-electron chi connectivity index (χ0n) is 11.6.